The van der Waals surface area contributed by atoms with E-state index in [1.54, 1.807) is 6.92 Å². The molecule has 24 heavy (non-hydrogen) atoms. The van der Waals surface area contributed by atoms with Gasteiger partial charge in [-0.3, -0.25) is 0 Å². The van der Waals surface area contributed by atoms with Gasteiger partial charge in [-0.2, -0.15) is 0 Å². The lowest BCUT2D eigenvalue weighted by molar-refractivity contribution is 0.165. The molecular formula is C21H30F2O. The molecule has 0 atom stereocenters. The molecule has 0 saturated heterocycles. The highest BCUT2D eigenvalue weighted by Gasteiger charge is 2.31. The Balaban J connectivity index is 1.60. The van der Waals surface area contributed by atoms with Crippen molar-refractivity contribution in [2.45, 2.75) is 71.1 Å². The van der Waals surface area contributed by atoms with Crippen molar-refractivity contribution in [3.8, 4) is 5.75 Å². The van der Waals surface area contributed by atoms with E-state index in [4.69, 9.17) is 4.74 Å². The molecule has 0 radical (unpaired) electrons. The molecular weight excluding hydrogens is 306 g/mol. The van der Waals surface area contributed by atoms with E-state index < -0.39 is 11.6 Å². The van der Waals surface area contributed by atoms with Gasteiger partial charge < -0.3 is 4.74 Å². The highest BCUT2D eigenvalue weighted by atomic mass is 19.1. The lowest BCUT2D eigenvalue weighted by Gasteiger charge is -2.37. The van der Waals surface area contributed by atoms with Crippen LogP contribution in [0.2, 0.25) is 0 Å². The van der Waals surface area contributed by atoms with Gasteiger partial charge >= 0.3 is 0 Å². The average molecular weight is 336 g/mol. The first-order valence-electron chi connectivity index (χ1n) is 9.70. The monoisotopic (exact) mass is 336 g/mol. The lowest BCUT2D eigenvalue weighted by Crippen LogP contribution is -2.24. The van der Waals surface area contributed by atoms with Gasteiger partial charge in [0.05, 0.1) is 6.61 Å². The Hall–Kier alpha value is -1.12. The molecule has 0 aromatic heterocycles. The van der Waals surface area contributed by atoms with E-state index in [0.29, 0.717) is 5.92 Å². The third-order valence-corrected chi connectivity index (χ3v) is 6.28. The van der Waals surface area contributed by atoms with Gasteiger partial charge in [0.25, 0.3) is 0 Å². The van der Waals surface area contributed by atoms with Crippen LogP contribution in [0.15, 0.2) is 12.1 Å². The molecule has 0 unspecified atom stereocenters. The summed E-state index contributed by atoms with van der Waals surface area (Å²) in [6, 6.07) is 2.97. The minimum atomic E-state index is -0.560. The Morgan fingerprint density at radius 3 is 1.88 bits per heavy atom. The van der Waals surface area contributed by atoms with Crippen LogP contribution in [0.25, 0.3) is 0 Å². The molecule has 0 amide bonds. The number of rotatable bonds is 4. The van der Waals surface area contributed by atoms with E-state index in [2.05, 4.69) is 6.92 Å². The number of hydrogen-bond donors (Lipinski definition) is 0. The fraction of sp³-hybridized carbons (Fsp3) is 0.714. The first-order chi connectivity index (χ1) is 11.6. The number of benzene rings is 1. The maximum atomic E-state index is 14.1. The predicted octanol–water partition coefficient (Wildman–Crippen LogP) is 6.46. The van der Waals surface area contributed by atoms with E-state index in [1.165, 1.54) is 50.7 Å². The second kappa shape index (κ2) is 7.84. The molecule has 0 heterocycles. The van der Waals surface area contributed by atoms with E-state index in [-0.39, 0.29) is 12.4 Å². The summed E-state index contributed by atoms with van der Waals surface area (Å²) in [6.07, 6.45) is 10.0. The van der Waals surface area contributed by atoms with Gasteiger partial charge in [-0.05, 0) is 86.8 Å². The molecule has 0 N–H and O–H groups in total. The predicted molar refractivity (Wildman–Crippen MR) is 93.3 cm³/mol. The molecule has 134 valence electrons. The summed E-state index contributed by atoms with van der Waals surface area (Å²) in [5.74, 6) is 1.55. The Kier molecular flexibility index (Phi) is 5.78. The largest absolute Gasteiger partial charge is 0.488 e. The summed E-state index contributed by atoms with van der Waals surface area (Å²) in [7, 11) is 0. The van der Waals surface area contributed by atoms with Crippen LogP contribution in [0.5, 0.6) is 5.75 Å². The molecule has 2 saturated carbocycles. The molecule has 3 heteroatoms. The number of halogens is 2. The number of hydrogen-bond acceptors (Lipinski definition) is 1. The minimum Gasteiger partial charge on any atom is -0.488 e. The molecule has 2 aliphatic rings. The SMILES string of the molecule is CCOc1c(F)cc(C2CCC(C3CCC(C)CC3)CC2)cc1F. The Labute approximate surface area is 144 Å². The normalized spacial score (nSPS) is 31.0. The van der Waals surface area contributed by atoms with Crippen LogP contribution in [0, 0.1) is 29.4 Å². The molecule has 0 bridgehead atoms. The van der Waals surface area contributed by atoms with Crippen LogP contribution in [0.1, 0.15) is 76.7 Å². The van der Waals surface area contributed by atoms with Crippen molar-refractivity contribution in [1.82, 2.24) is 0 Å². The van der Waals surface area contributed by atoms with Gasteiger partial charge in [0.2, 0.25) is 0 Å². The Bertz CT molecular complexity index is 518. The summed E-state index contributed by atoms with van der Waals surface area (Å²) in [6.45, 7) is 4.38. The summed E-state index contributed by atoms with van der Waals surface area (Å²) in [5, 5.41) is 0. The van der Waals surface area contributed by atoms with Crippen molar-refractivity contribution in [3.63, 3.8) is 0 Å². The fourth-order valence-corrected chi connectivity index (χ4v) is 4.78. The van der Waals surface area contributed by atoms with Crippen LogP contribution in [0.3, 0.4) is 0 Å². The molecule has 1 aromatic carbocycles. The third-order valence-electron chi connectivity index (χ3n) is 6.28. The topological polar surface area (TPSA) is 9.23 Å². The van der Waals surface area contributed by atoms with Gasteiger partial charge in [-0.1, -0.05) is 19.8 Å². The molecule has 3 rings (SSSR count). The third kappa shape index (κ3) is 3.92. The maximum Gasteiger partial charge on any atom is 0.190 e. The zero-order valence-corrected chi connectivity index (χ0v) is 15.0. The first kappa shape index (κ1) is 17.7. The molecule has 0 spiro atoms. The Morgan fingerprint density at radius 1 is 0.875 bits per heavy atom. The quantitative estimate of drug-likeness (QED) is 0.613. The van der Waals surface area contributed by atoms with Crippen molar-refractivity contribution in [1.29, 1.82) is 0 Å². The molecule has 2 aliphatic carbocycles. The van der Waals surface area contributed by atoms with Gasteiger partial charge in [0.15, 0.2) is 17.4 Å². The van der Waals surface area contributed by atoms with Gasteiger partial charge in [-0.15, -0.1) is 0 Å². The lowest BCUT2D eigenvalue weighted by atomic mass is 9.68. The van der Waals surface area contributed by atoms with Crippen molar-refractivity contribution in [2.75, 3.05) is 6.61 Å². The van der Waals surface area contributed by atoms with Crippen LogP contribution >= 0.6 is 0 Å². The molecule has 1 nitrogen and oxygen atoms in total. The zero-order valence-electron chi connectivity index (χ0n) is 15.0. The maximum absolute atomic E-state index is 14.1. The van der Waals surface area contributed by atoms with E-state index >= 15 is 0 Å². The van der Waals surface area contributed by atoms with E-state index in [9.17, 15) is 8.78 Å². The zero-order chi connectivity index (χ0) is 17.1. The number of ether oxygens (including phenoxy) is 1. The molecule has 0 aliphatic heterocycles. The van der Waals surface area contributed by atoms with Crippen molar-refractivity contribution in [3.05, 3.63) is 29.3 Å². The second-order valence-corrected chi connectivity index (χ2v) is 7.88. The van der Waals surface area contributed by atoms with Crippen LogP contribution in [-0.2, 0) is 0 Å². The standard InChI is InChI=1S/C21H30F2O/c1-3-24-21-19(22)12-18(13-20(21)23)17-10-8-16(9-11-17)15-6-4-14(2)5-7-15/h12-17H,3-11H2,1-2H3. The average Bonchev–Trinajstić information content (AvgIpc) is 2.59. The second-order valence-electron chi connectivity index (χ2n) is 7.88. The molecule has 2 fully saturated rings. The van der Waals surface area contributed by atoms with Gasteiger partial charge in [0, 0.05) is 0 Å². The summed E-state index contributed by atoms with van der Waals surface area (Å²) in [5.41, 5.74) is 0.809. The van der Waals surface area contributed by atoms with Crippen molar-refractivity contribution < 1.29 is 13.5 Å². The van der Waals surface area contributed by atoms with E-state index in [1.807, 2.05) is 0 Å². The van der Waals surface area contributed by atoms with Crippen LogP contribution in [-0.4, -0.2) is 6.61 Å². The smallest absolute Gasteiger partial charge is 0.190 e. The highest BCUT2D eigenvalue weighted by molar-refractivity contribution is 5.33. The van der Waals surface area contributed by atoms with Crippen molar-refractivity contribution >= 4 is 0 Å². The van der Waals surface area contributed by atoms with Crippen LogP contribution < -0.4 is 4.74 Å². The fourth-order valence-electron chi connectivity index (χ4n) is 4.78. The minimum absolute atomic E-state index is 0.230. The molecule has 1 aromatic rings. The van der Waals surface area contributed by atoms with Gasteiger partial charge in [-0.25, -0.2) is 8.78 Å². The summed E-state index contributed by atoms with van der Waals surface area (Å²) in [4.78, 5) is 0. The summed E-state index contributed by atoms with van der Waals surface area (Å²) < 4.78 is 33.2. The Morgan fingerprint density at radius 2 is 1.38 bits per heavy atom. The van der Waals surface area contributed by atoms with Gasteiger partial charge in [0.1, 0.15) is 0 Å². The highest BCUT2D eigenvalue weighted by Crippen LogP contribution is 2.44. The van der Waals surface area contributed by atoms with Crippen molar-refractivity contribution in [2.24, 2.45) is 17.8 Å². The summed E-state index contributed by atoms with van der Waals surface area (Å²) >= 11 is 0. The van der Waals surface area contributed by atoms with E-state index in [0.717, 1.165) is 36.2 Å². The van der Waals surface area contributed by atoms with Crippen LogP contribution in [0.4, 0.5) is 8.78 Å². The first-order valence-corrected chi connectivity index (χ1v) is 9.70.